The van der Waals surface area contributed by atoms with E-state index in [0.29, 0.717) is 31.1 Å². The summed E-state index contributed by atoms with van der Waals surface area (Å²) < 4.78 is 27.6. The number of anilines is 1. The molecule has 31 heavy (non-hydrogen) atoms. The molecule has 168 valence electrons. The van der Waals surface area contributed by atoms with E-state index in [9.17, 15) is 13.2 Å². The minimum Gasteiger partial charge on any atom is -0.324 e. The Bertz CT molecular complexity index is 1020. The summed E-state index contributed by atoms with van der Waals surface area (Å²) in [5.74, 6) is -0.0544. The quantitative estimate of drug-likeness (QED) is 0.712. The van der Waals surface area contributed by atoms with Crippen LogP contribution in [0.3, 0.4) is 0 Å². The van der Waals surface area contributed by atoms with E-state index in [2.05, 4.69) is 19.2 Å². The predicted molar refractivity (Wildman–Crippen MR) is 125 cm³/mol. The first-order valence-electron chi connectivity index (χ1n) is 11.0. The Kier molecular flexibility index (Phi) is 7.51. The van der Waals surface area contributed by atoms with Crippen LogP contribution in [0.2, 0.25) is 0 Å². The smallest absolute Gasteiger partial charge is 0.243 e. The van der Waals surface area contributed by atoms with Crippen LogP contribution in [-0.2, 0) is 27.7 Å². The van der Waals surface area contributed by atoms with E-state index in [-0.39, 0.29) is 12.5 Å². The lowest BCUT2D eigenvalue weighted by molar-refractivity contribution is -0.117. The molecule has 1 aliphatic heterocycles. The van der Waals surface area contributed by atoms with Gasteiger partial charge in [0.05, 0.1) is 11.4 Å². The molecule has 1 heterocycles. The molecular formula is C24H33N3O3S. The molecule has 0 radical (unpaired) electrons. The average molecular weight is 444 g/mol. The average Bonchev–Trinajstić information content (AvgIpc) is 2.74. The summed E-state index contributed by atoms with van der Waals surface area (Å²) in [6.45, 7) is 10.1. The fourth-order valence-electron chi connectivity index (χ4n) is 4.14. The van der Waals surface area contributed by atoms with Crippen LogP contribution in [0.5, 0.6) is 0 Å². The van der Waals surface area contributed by atoms with Crippen molar-refractivity contribution in [2.75, 3.05) is 38.0 Å². The first kappa shape index (κ1) is 23.4. The van der Waals surface area contributed by atoms with Crippen molar-refractivity contribution in [2.45, 2.75) is 45.4 Å². The van der Waals surface area contributed by atoms with Crippen LogP contribution in [0.4, 0.5) is 5.69 Å². The molecule has 2 aromatic carbocycles. The number of sulfonamides is 1. The van der Waals surface area contributed by atoms with Gasteiger partial charge in [0.1, 0.15) is 0 Å². The first-order valence-corrected chi connectivity index (χ1v) is 12.4. The van der Waals surface area contributed by atoms with E-state index in [1.807, 2.05) is 49.1 Å². The first-order chi connectivity index (χ1) is 14.8. The molecule has 0 bridgehead atoms. The topological polar surface area (TPSA) is 69.7 Å². The highest BCUT2D eigenvalue weighted by Gasteiger charge is 2.30. The number of aryl methyl sites for hydroxylation is 4. The van der Waals surface area contributed by atoms with Crippen LogP contribution < -0.4 is 5.32 Å². The Morgan fingerprint density at radius 1 is 0.968 bits per heavy atom. The van der Waals surface area contributed by atoms with Gasteiger partial charge in [-0.05, 0) is 49.4 Å². The molecule has 1 N–H and O–H groups in total. The second kappa shape index (κ2) is 9.94. The summed E-state index contributed by atoms with van der Waals surface area (Å²) >= 11 is 0. The molecule has 0 aliphatic carbocycles. The Labute approximate surface area is 186 Å². The van der Waals surface area contributed by atoms with Crippen LogP contribution >= 0.6 is 0 Å². The highest BCUT2D eigenvalue weighted by Crippen LogP contribution is 2.24. The third-order valence-electron chi connectivity index (χ3n) is 5.91. The largest absolute Gasteiger partial charge is 0.324 e. The number of hydrogen-bond acceptors (Lipinski definition) is 4. The third kappa shape index (κ3) is 5.34. The molecule has 0 saturated carbocycles. The number of carbonyl (C=O) groups excluding carboxylic acids is 1. The zero-order chi connectivity index (χ0) is 22.6. The standard InChI is InChI=1S/C24H33N3O3S/c1-5-20-8-7-9-21(6-2)24(20)25-23(28)17-26-12-14-27(15-13-26)31(29,30)22-11-10-18(3)16-19(22)4/h7-11,16H,5-6,12-15,17H2,1-4H3,(H,25,28). The summed E-state index contributed by atoms with van der Waals surface area (Å²) in [6.07, 6.45) is 1.72. The van der Waals surface area contributed by atoms with Crippen LogP contribution in [0, 0.1) is 13.8 Å². The second-order valence-corrected chi connectivity index (χ2v) is 10.1. The van der Waals surface area contributed by atoms with Crippen molar-refractivity contribution in [3.63, 3.8) is 0 Å². The van der Waals surface area contributed by atoms with Gasteiger partial charge in [0.15, 0.2) is 0 Å². The van der Waals surface area contributed by atoms with Crippen molar-refractivity contribution in [1.29, 1.82) is 0 Å². The summed E-state index contributed by atoms with van der Waals surface area (Å²) in [7, 11) is -3.52. The number of hydrogen-bond donors (Lipinski definition) is 1. The van der Waals surface area contributed by atoms with Gasteiger partial charge in [-0.3, -0.25) is 9.69 Å². The Hall–Kier alpha value is -2.22. The van der Waals surface area contributed by atoms with E-state index in [4.69, 9.17) is 0 Å². The van der Waals surface area contributed by atoms with Crippen LogP contribution in [0.1, 0.15) is 36.1 Å². The lowest BCUT2D eigenvalue weighted by Crippen LogP contribution is -2.50. The number of carbonyl (C=O) groups is 1. The maximum Gasteiger partial charge on any atom is 0.243 e. The summed E-state index contributed by atoms with van der Waals surface area (Å²) in [5.41, 5.74) is 5.01. The zero-order valence-corrected chi connectivity index (χ0v) is 19.8. The highest BCUT2D eigenvalue weighted by molar-refractivity contribution is 7.89. The number of nitrogens with one attached hydrogen (secondary N) is 1. The fraction of sp³-hybridized carbons (Fsp3) is 0.458. The van der Waals surface area contributed by atoms with E-state index < -0.39 is 10.0 Å². The molecule has 0 unspecified atom stereocenters. The van der Waals surface area contributed by atoms with Gasteiger partial charge in [0.25, 0.3) is 0 Å². The highest BCUT2D eigenvalue weighted by atomic mass is 32.2. The maximum absolute atomic E-state index is 13.1. The number of amides is 1. The Balaban J connectivity index is 1.61. The monoisotopic (exact) mass is 443 g/mol. The molecule has 1 fully saturated rings. The fourth-order valence-corrected chi connectivity index (χ4v) is 5.77. The molecule has 7 heteroatoms. The van der Waals surface area contributed by atoms with Crippen LogP contribution in [0.25, 0.3) is 0 Å². The van der Waals surface area contributed by atoms with Crippen molar-refractivity contribution < 1.29 is 13.2 Å². The van der Waals surface area contributed by atoms with E-state index in [0.717, 1.165) is 40.8 Å². The van der Waals surface area contributed by atoms with E-state index >= 15 is 0 Å². The minimum atomic E-state index is -3.52. The molecule has 0 aromatic heterocycles. The van der Waals surface area contributed by atoms with Crippen molar-refractivity contribution in [3.05, 3.63) is 58.7 Å². The Morgan fingerprint density at radius 2 is 1.58 bits per heavy atom. The molecule has 0 spiro atoms. The molecular weight excluding hydrogens is 410 g/mol. The van der Waals surface area contributed by atoms with Crippen molar-refractivity contribution in [3.8, 4) is 0 Å². The molecule has 0 atom stereocenters. The SMILES string of the molecule is CCc1cccc(CC)c1NC(=O)CN1CCN(S(=O)(=O)c2ccc(C)cc2C)CC1. The molecule has 1 amide bonds. The number of piperazine rings is 1. The van der Waals surface area contributed by atoms with Gasteiger partial charge in [0, 0.05) is 31.9 Å². The zero-order valence-electron chi connectivity index (χ0n) is 18.9. The third-order valence-corrected chi connectivity index (χ3v) is 7.97. The second-order valence-electron chi connectivity index (χ2n) is 8.16. The van der Waals surface area contributed by atoms with Gasteiger partial charge in [-0.1, -0.05) is 49.7 Å². The van der Waals surface area contributed by atoms with Gasteiger partial charge in [-0.15, -0.1) is 0 Å². The van der Waals surface area contributed by atoms with Gasteiger partial charge in [0.2, 0.25) is 15.9 Å². The molecule has 6 nitrogen and oxygen atoms in total. The summed E-state index contributed by atoms with van der Waals surface area (Å²) in [4.78, 5) is 15.1. The maximum atomic E-state index is 13.1. The summed E-state index contributed by atoms with van der Waals surface area (Å²) in [6, 6.07) is 11.5. The molecule has 3 rings (SSSR count). The number of rotatable bonds is 7. The lowest BCUT2D eigenvalue weighted by Gasteiger charge is -2.33. The van der Waals surface area contributed by atoms with Crippen molar-refractivity contribution in [1.82, 2.24) is 9.21 Å². The van der Waals surface area contributed by atoms with Crippen molar-refractivity contribution in [2.24, 2.45) is 0 Å². The lowest BCUT2D eigenvalue weighted by atomic mass is 10.0. The number of benzene rings is 2. The van der Waals surface area contributed by atoms with E-state index in [1.165, 1.54) is 4.31 Å². The summed E-state index contributed by atoms with van der Waals surface area (Å²) in [5, 5.41) is 3.10. The molecule has 1 aliphatic rings. The van der Waals surface area contributed by atoms with Gasteiger partial charge < -0.3 is 5.32 Å². The molecule has 2 aromatic rings. The van der Waals surface area contributed by atoms with Gasteiger partial charge in [-0.25, -0.2) is 8.42 Å². The van der Waals surface area contributed by atoms with Crippen LogP contribution in [0.15, 0.2) is 41.3 Å². The predicted octanol–water partition coefficient (Wildman–Crippen LogP) is 3.37. The van der Waals surface area contributed by atoms with Gasteiger partial charge in [-0.2, -0.15) is 4.31 Å². The normalized spacial score (nSPS) is 15.7. The Morgan fingerprint density at radius 3 is 2.13 bits per heavy atom. The number of para-hydroxylation sites is 1. The number of nitrogens with zero attached hydrogens (tertiary/aromatic N) is 2. The minimum absolute atomic E-state index is 0.0544. The van der Waals surface area contributed by atoms with Crippen LogP contribution in [-0.4, -0.2) is 56.3 Å². The van der Waals surface area contributed by atoms with E-state index in [1.54, 1.807) is 6.07 Å². The van der Waals surface area contributed by atoms with Gasteiger partial charge >= 0.3 is 0 Å². The molecule has 1 saturated heterocycles. The van der Waals surface area contributed by atoms with Crippen molar-refractivity contribution >= 4 is 21.6 Å².